The molecule has 3 rings (SSSR count). The van der Waals surface area contributed by atoms with Gasteiger partial charge in [0, 0.05) is 32.4 Å². The van der Waals surface area contributed by atoms with Gasteiger partial charge < -0.3 is 20.3 Å². The van der Waals surface area contributed by atoms with E-state index in [4.69, 9.17) is 4.74 Å². The summed E-state index contributed by atoms with van der Waals surface area (Å²) in [6.45, 7) is 7.57. The van der Waals surface area contributed by atoms with Crippen molar-refractivity contribution < 1.29 is 4.74 Å². The van der Waals surface area contributed by atoms with Crippen LogP contribution in [-0.4, -0.2) is 53.6 Å². The van der Waals surface area contributed by atoms with Crippen molar-refractivity contribution in [1.29, 1.82) is 0 Å². The Morgan fingerprint density at radius 1 is 1.19 bits per heavy atom. The van der Waals surface area contributed by atoms with E-state index in [9.17, 15) is 0 Å². The van der Waals surface area contributed by atoms with Crippen LogP contribution in [0.3, 0.4) is 0 Å². The minimum atomic E-state index is 0. The molecule has 148 valence electrons. The lowest BCUT2D eigenvalue weighted by Gasteiger charge is -2.28. The highest BCUT2D eigenvalue weighted by Gasteiger charge is 2.10. The Morgan fingerprint density at radius 3 is 2.56 bits per heavy atom. The van der Waals surface area contributed by atoms with Gasteiger partial charge in [-0.2, -0.15) is 5.10 Å². The van der Waals surface area contributed by atoms with Gasteiger partial charge in [-0.1, -0.05) is 12.1 Å². The Kier molecular flexibility index (Phi) is 8.79. The molecule has 27 heavy (non-hydrogen) atoms. The highest BCUT2D eigenvalue weighted by molar-refractivity contribution is 14.0. The lowest BCUT2D eigenvalue weighted by Crippen LogP contribution is -2.37. The van der Waals surface area contributed by atoms with E-state index >= 15 is 0 Å². The number of hydrogen-bond donors (Lipinski definition) is 2. The smallest absolute Gasteiger partial charge is 0.191 e. The van der Waals surface area contributed by atoms with E-state index in [0.717, 1.165) is 44.6 Å². The van der Waals surface area contributed by atoms with Gasteiger partial charge in [0.2, 0.25) is 0 Å². The number of aliphatic imine (C=N–C) groups is 1. The van der Waals surface area contributed by atoms with Crippen LogP contribution in [0.2, 0.25) is 0 Å². The van der Waals surface area contributed by atoms with E-state index in [1.807, 2.05) is 7.05 Å². The monoisotopic (exact) mass is 485 g/mol. The summed E-state index contributed by atoms with van der Waals surface area (Å²) in [6, 6.07) is 8.60. The van der Waals surface area contributed by atoms with Crippen molar-refractivity contribution >= 4 is 35.6 Å². The van der Waals surface area contributed by atoms with E-state index in [1.165, 1.54) is 11.3 Å². The third-order valence-corrected chi connectivity index (χ3v) is 4.30. The summed E-state index contributed by atoms with van der Waals surface area (Å²) >= 11 is 0. The van der Waals surface area contributed by atoms with Crippen LogP contribution in [0, 0.1) is 0 Å². The molecular formula is C18H28IN7O. The van der Waals surface area contributed by atoms with Crippen molar-refractivity contribution in [1.82, 2.24) is 25.4 Å². The van der Waals surface area contributed by atoms with E-state index in [1.54, 1.807) is 11.0 Å². The molecule has 9 heteroatoms. The number of anilines is 1. The maximum Gasteiger partial charge on any atom is 0.191 e. The highest BCUT2D eigenvalue weighted by Crippen LogP contribution is 2.17. The van der Waals surface area contributed by atoms with Crippen molar-refractivity contribution in [2.75, 3.05) is 37.7 Å². The molecule has 0 unspecified atom stereocenters. The molecule has 0 bridgehead atoms. The van der Waals surface area contributed by atoms with Crippen LogP contribution in [-0.2, 0) is 24.9 Å². The first-order valence-corrected chi connectivity index (χ1v) is 9.03. The normalized spacial score (nSPS) is 14.6. The molecule has 0 amide bonds. The summed E-state index contributed by atoms with van der Waals surface area (Å²) in [5, 5.41) is 10.6. The molecule has 8 nitrogen and oxygen atoms in total. The number of halogens is 1. The number of nitrogens with zero attached hydrogens (tertiary/aromatic N) is 5. The van der Waals surface area contributed by atoms with Crippen molar-refractivity contribution in [2.24, 2.45) is 12.0 Å². The van der Waals surface area contributed by atoms with Gasteiger partial charge in [-0.15, -0.1) is 24.0 Å². The molecule has 1 aromatic carbocycles. The first kappa shape index (κ1) is 21.4. The van der Waals surface area contributed by atoms with Gasteiger partial charge in [0.05, 0.1) is 26.3 Å². The molecule has 2 aromatic rings. The van der Waals surface area contributed by atoms with E-state index in [-0.39, 0.29) is 24.0 Å². The molecule has 1 aliphatic rings. The standard InChI is InChI=1S/C18H27N7O.HI/c1-3-19-18(21-13-17-22-14-23-24(17)2)20-12-15-4-6-16(7-5-15)25-8-10-26-11-9-25;/h4-7,14H,3,8-13H2,1-2H3,(H2,19,20,21);1H. The zero-order valence-electron chi connectivity index (χ0n) is 15.9. The first-order chi connectivity index (χ1) is 12.8. The minimum absolute atomic E-state index is 0. The number of hydrogen-bond acceptors (Lipinski definition) is 5. The molecule has 0 radical (unpaired) electrons. The summed E-state index contributed by atoms with van der Waals surface area (Å²) in [7, 11) is 1.88. The van der Waals surface area contributed by atoms with Crippen molar-refractivity contribution in [3.63, 3.8) is 0 Å². The topological polar surface area (TPSA) is 79.6 Å². The van der Waals surface area contributed by atoms with Gasteiger partial charge in [0.15, 0.2) is 5.96 Å². The largest absolute Gasteiger partial charge is 0.378 e. The number of morpholine rings is 1. The summed E-state index contributed by atoms with van der Waals surface area (Å²) in [5.74, 6) is 1.64. The van der Waals surface area contributed by atoms with Crippen molar-refractivity contribution in [3.05, 3.63) is 42.0 Å². The quantitative estimate of drug-likeness (QED) is 0.367. The molecule has 2 heterocycles. The maximum absolute atomic E-state index is 5.41. The van der Waals surface area contributed by atoms with Crippen molar-refractivity contribution in [3.8, 4) is 0 Å². The Morgan fingerprint density at radius 2 is 1.93 bits per heavy atom. The third-order valence-electron chi connectivity index (χ3n) is 4.30. The van der Waals surface area contributed by atoms with Gasteiger partial charge >= 0.3 is 0 Å². The summed E-state index contributed by atoms with van der Waals surface area (Å²) in [5.41, 5.74) is 2.42. The number of rotatable bonds is 6. The fourth-order valence-corrected chi connectivity index (χ4v) is 2.79. The van der Waals surface area contributed by atoms with E-state index < -0.39 is 0 Å². The zero-order valence-corrected chi connectivity index (χ0v) is 18.2. The molecule has 1 aromatic heterocycles. The fraction of sp³-hybridized carbons (Fsp3) is 0.500. The molecule has 1 fully saturated rings. The predicted molar refractivity (Wildman–Crippen MR) is 118 cm³/mol. The molecule has 0 saturated carbocycles. The van der Waals surface area contributed by atoms with Crippen LogP contribution < -0.4 is 15.5 Å². The van der Waals surface area contributed by atoms with Gasteiger partial charge in [0.25, 0.3) is 0 Å². The summed E-state index contributed by atoms with van der Waals surface area (Å²) < 4.78 is 7.16. The van der Waals surface area contributed by atoms with Gasteiger partial charge in [0.1, 0.15) is 12.2 Å². The number of guanidine groups is 1. The second-order valence-electron chi connectivity index (χ2n) is 6.11. The van der Waals surface area contributed by atoms with Crippen molar-refractivity contribution in [2.45, 2.75) is 20.0 Å². The number of ether oxygens (including phenoxy) is 1. The molecule has 1 saturated heterocycles. The maximum atomic E-state index is 5.41. The van der Waals surface area contributed by atoms with Crippen LogP contribution in [0.4, 0.5) is 5.69 Å². The van der Waals surface area contributed by atoms with Crippen LogP contribution in [0.25, 0.3) is 0 Å². The summed E-state index contributed by atoms with van der Waals surface area (Å²) in [4.78, 5) is 11.2. The molecule has 1 aliphatic heterocycles. The van der Waals surface area contributed by atoms with E-state index in [2.05, 4.69) is 61.8 Å². The SMILES string of the molecule is CCNC(=NCc1ccc(N2CCOCC2)cc1)NCc1ncnn1C.I. The van der Waals surface area contributed by atoms with Crippen LogP contribution in [0.5, 0.6) is 0 Å². The highest BCUT2D eigenvalue weighted by atomic mass is 127. The minimum Gasteiger partial charge on any atom is -0.378 e. The molecule has 2 N–H and O–H groups in total. The van der Waals surface area contributed by atoms with Crippen LogP contribution in [0.1, 0.15) is 18.3 Å². The molecule has 0 atom stereocenters. The van der Waals surface area contributed by atoms with E-state index in [0.29, 0.717) is 13.1 Å². The first-order valence-electron chi connectivity index (χ1n) is 9.03. The third kappa shape index (κ3) is 6.35. The Balaban J connectivity index is 0.00000261. The van der Waals surface area contributed by atoms with Crippen LogP contribution in [0.15, 0.2) is 35.6 Å². The average Bonchev–Trinajstić information content (AvgIpc) is 3.10. The predicted octanol–water partition coefficient (Wildman–Crippen LogP) is 1.52. The molecular weight excluding hydrogens is 457 g/mol. The number of aryl methyl sites for hydroxylation is 1. The van der Waals surface area contributed by atoms with Gasteiger partial charge in [-0.3, -0.25) is 4.68 Å². The van der Waals surface area contributed by atoms with Gasteiger partial charge in [-0.05, 0) is 24.6 Å². The zero-order chi connectivity index (χ0) is 18.2. The fourth-order valence-electron chi connectivity index (χ4n) is 2.79. The van der Waals surface area contributed by atoms with Crippen LogP contribution >= 0.6 is 24.0 Å². The second-order valence-corrected chi connectivity index (χ2v) is 6.11. The Labute approximate surface area is 177 Å². The van der Waals surface area contributed by atoms with Gasteiger partial charge in [-0.25, -0.2) is 9.98 Å². The number of nitrogens with one attached hydrogen (secondary N) is 2. The average molecular weight is 485 g/mol. The second kappa shape index (κ2) is 11.1. The Bertz CT molecular complexity index is 711. The Hall–Kier alpha value is -1.88. The lowest BCUT2D eigenvalue weighted by molar-refractivity contribution is 0.122. The number of benzene rings is 1. The summed E-state index contributed by atoms with van der Waals surface area (Å²) in [6.07, 6.45) is 1.55. The number of aromatic nitrogens is 3. The molecule has 0 spiro atoms. The lowest BCUT2D eigenvalue weighted by atomic mass is 10.2. The molecule has 0 aliphatic carbocycles.